The molecule has 0 unspecified atom stereocenters. The van der Waals surface area contributed by atoms with Crippen LogP contribution in [0, 0.1) is 0 Å². The summed E-state index contributed by atoms with van der Waals surface area (Å²) in [5.74, 6) is 0. The normalized spacial score (nSPS) is 13.4. The summed E-state index contributed by atoms with van der Waals surface area (Å²) in [5, 5.41) is 8.73. The van der Waals surface area contributed by atoms with Gasteiger partial charge in [0.25, 0.3) is 0 Å². The molecule has 0 heterocycles. The lowest BCUT2D eigenvalue weighted by atomic mass is 10.1. The fourth-order valence-electron chi connectivity index (χ4n) is 1.51. The van der Waals surface area contributed by atoms with Crippen LogP contribution >= 0.6 is 0 Å². The quantitative estimate of drug-likeness (QED) is 0.599. The molecule has 0 amide bonds. The maximum Gasteiger partial charge on any atom is 0.240 e. The molecule has 1 rings (SSSR count). The molecule has 0 spiro atoms. The van der Waals surface area contributed by atoms with E-state index in [2.05, 4.69) is 4.72 Å². The Kier molecular flexibility index (Phi) is 6.28. The highest BCUT2D eigenvalue weighted by Crippen LogP contribution is 2.07. The van der Waals surface area contributed by atoms with Crippen molar-refractivity contribution in [1.29, 1.82) is 0 Å². The number of sulfonamides is 1. The van der Waals surface area contributed by atoms with Crippen LogP contribution < -0.4 is 10.5 Å². The molecule has 1 aromatic carbocycles. The van der Waals surface area contributed by atoms with Crippen LogP contribution in [0.3, 0.4) is 0 Å². The first-order chi connectivity index (χ1) is 8.56. The number of aliphatic hydroxyl groups is 1. The van der Waals surface area contributed by atoms with Crippen molar-refractivity contribution < 1.29 is 13.5 Å². The van der Waals surface area contributed by atoms with E-state index < -0.39 is 10.0 Å². The third-order valence-electron chi connectivity index (χ3n) is 2.58. The molecule has 0 aliphatic heterocycles. The van der Waals surface area contributed by atoms with Crippen molar-refractivity contribution >= 4 is 10.0 Å². The molecule has 0 aromatic heterocycles. The van der Waals surface area contributed by atoms with Gasteiger partial charge in [-0.1, -0.05) is 24.6 Å². The summed E-state index contributed by atoms with van der Waals surface area (Å²) in [4.78, 5) is 0.275. The first-order valence-corrected chi connectivity index (χ1v) is 7.46. The first kappa shape index (κ1) is 15.1. The van der Waals surface area contributed by atoms with Crippen molar-refractivity contribution in [2.45, 2.75) is 30.2 Å². The minimum Gasteiger partial charge on any atom is -0.395 e. The Hall–Kier alpha value is -0.950. The fraction of sp³-hybridized carbons (Fsp3) is 0.500. The van der Waals surface area contributed by atoms with Gasteiger partial charge in [0.15, 0.2) is 0 Å². The number of nitrogens with two attached hydrogens (primary N) is 1. The van der Waals surface area contributed by atoms with Crippen molar-refractivity contribution in [2.24, 2.45) is 5.73 Å². The second-order valence-corrected chi connectivity index (χ2v) is 5.92. The van der Waals surface area contributed by atoms with Gasteiger partial charge in [-0.2, -0.15) is 0 Å². The van der Waals surface area contributed by atoms with E-state index in [9.17, 15) is 8.42 Å². The molecule has 0 bridgehead atoms. The fourth-order valence-corrected chi connectivity index (χ4v) is 2.61. The number of nitrogens with one attached hydrogen (secondary N) is 1. The topological polar surface area (TPSA) is 92.4 Å². The van der Waals surface area contributed by atoms with Crippen LogP contribution in [0.1, 0.15) is 19.3 Å². The van der Waals surface area contributed by atoms with Gasteiger partial charge in [-0.05, 0) is 25.0 Å². The summed E-state index contributed by atoms with van der Waals surface area (Å²) in [6.07, 6.45) is 2.20. The summed E-state index contributed by atoms with van der Waals surface area (Å²) in [5.41, 5.74) is 5.54. The molecule has 0 fully saturated rings. The molecule has 0 aliphatic carbocycles. The second-order valence-electron chi connectivity index (χ2n) is 4.15. The summed E-state index contributed by atoms with van der Waals surface area (Å²) in [6, 6.07) is 8.06. The van der Waals surface area contributed by atoms with Crippen LogP contribution in [0.2, 0.25) is 0 Å². The van der Waals surface area contributed by atoms with Gasteiger partial charge in [-0.25, -0.2) is 13.1 Å². The SMILES string of the molecule is N[C@H](CO)CCCCNS(=O)(=O)c1ccccc1. The lowest BCUT2D eigenvalue weighted by molar-refractivity contribution is 0.258. The lowest BCUT2D eigenvalue weighted by Crippen LogP contribution is -2.26. The second kappa shape index (κ2) is 7.48. The summed E-state index contributed by atoms with van der Waals surface area (Å²) in [7, 11) is -3.40. The average molecular weight is 272 g/mol. The van der Waals surface area contributed by atoms with E-state index in [1.807, 2.05) is 0 Å². The van der Waals surface area contributed by atoms with Crippen molar-refractivity contribution in [3.8, 4) is 0 Å². The molecule has 0 saturated heterocycles. The molecular formula is C12H20N2O3S. The van der Waals surface area contributed by atoms with Gasteiger partial charge in [-0.15, -0.1) is 0 Å². The molecule has 0 radical (unpaired) electrons. The molecule has 6 heteroatoms. The van der Waals surface area contributed by atoms with Crippen LogP contribution in [0.15, 0.2) is 35.2 Å². The van der Waals surface area contributed by atoms with Crippen LogP contribution in [0.25, 0.3) is 0 Å². The molecular weight excluding hydrogens is 252 g/mol. The Labute approximate surface area is 108 Å². The van der Waals surface area contributed by atoms with E-state index >= 15 is 0 Å². The number of aliphatic hydroxyl groups excluding tert-OH is 1. The summed E-state index contributed by atoms with van der Waals surface area (Å²) < 4.78 is 26.2. The Bertz CT molecular complexity index is 434. The van der Waals surface area contributed by atoms with Gasteiger partial charge >= 0.3 is 0 Å². The number of rotatable bonds is 8. The minimum atomic E-state index is -3.40. The van der Waals surface area contributed by atoms with Crippen molar-refractivity contribution in [2.75, 3.05) is 13.2 Å². The standard InChI is InChI=1S/C12H20N2O3S/c13-11(10-15)6-4-5-9-14-18(16,17)12-7-2-1-3-8-12/h1-3,7-8,11,14-15H,4-6,9-10,13H2/t11-/m0/s1. The third kappa shape index (κ3) is 5.14. The highest BCUT2D eigenvalue weighted by molar-refractivity contribution is 7.89. The molecule has 18 heavy (non-hydrogen) atoms. The Morgan fingerprint density at radius 3 is 2.50 bits per heavy atom. The lowest BCUT2D eigenvalue weighted by Gasteiger charge is -2.08. The van der Waals surface area contributed by atoms with Crippen LogP contribution in [0.5, 0.6) is 0 Å². The predicted molar refractivity (Wildman–Crippen MR) is 70.5 cm³/mol. The maximum absolute atomic E-state index is 11.8. The first-order valence-electron chi connectivity index (χ1n) is 5.97. The van der Waals surface area contributed by atoms with Gasteiger partial charge in [0.2, 0.25) is 10.0 Å². The number of hydrogen-bond acceptors (Lipinski definition) is 4. The summed E-state index contributed by atoms with van der Waals surface area (Å²) >= 11 is 0. The molecule has 0 saturated carbocycles. The molecule has 1 aromatic rings. The van der Waals surface area contributed by atoms with Gasteiger partial charge in [0.05, 0.1) is 11.5 Å². The monoisotopic (exact) mass is 272 g/mol. The highest BCUT2D eigenvalue weighted by Gasteiger charge is 2.11. The minimum absolute atomic E-state index is 0.0320. The Balaban J connectivity index is 2.31. The van der Waals surface area contributed by atoms with E-state index in [1.54, 1.807) is 30.3 Å². The zero-order chi connectivity index (χ0) is 13.4. The van der Waals surface area contributed by atoms with Gasteiger partial charge in [-0.3, -0.25) is 0 Å². The predicted octanol–water partition coefficient (Wildman–Crippen LogP) is 0.455. The van der Waals surface area contributed by atoms with Gasteiger partial charge in [0, 0.05) is 12.6 Å². The zero-order valence-electron chi connectivity index (χ0n) is 10.2. The Morgan fingerprint density at radius 2 is 1.89 bits per heavy atom. The summed E-state index contributed by atoms with van der Waals surface area (Å²) in [6.45, 7) is 0.352. The zero-order valence-corrected chi connectivity index (χ0v) is 11.1. The molecule has 1 atom stereocenters. The smallest absolute Gasteiger partial charge is 0.240 e. The van der Waals surface area contributed by atoms with E-state index in [4.69, 9.17) is 10.8 Å². The van der Waals surface area contributed by atoms with Crippen LogP contribution in [0.4, 0.5) is 0 Å². The molecule has 4 N–H and O–H groups in total. The van der Waals surface area contributed by atoms with E-state index in [0.29, 0.717) is 19.4 Å². The number of unbranched alkanes of at least 4 members (excludes halogenated alkanes) is 1. The number of benzene rings is 1. The van der Waals surface area contributed by atoms with Crippen molar-refractivity contribution in [3.05, 3.63) is 30.3 Å². The van der Waals surface area contributed by atoms with Crippen LogP contribution in [-0.2, 0) is 10.0 Å². The number of hydrogen-bond donors (Lipinski definition) is 3. The average Bonchev–Trinajstić information content (AvgIpc) is 2.39. The van der Waals surface area contributed by atoms with Gasteiger partial charge in [0.1, 0.15) is 0 Å². The molecule has 0 aliphatic rings. The molecule has 102 valence electrons. The van der Waals surface area contributed by atoms with Gasteiger partial charge < -0.3 is 10.8 Å². The van der Waals surface area contributed by atoms with Crippen LogP contribution in [-0.4, -0.2) is 32.7 Å². The highest BCUT2D eigenvalue weighted by atomic mass is 32.2. The van der Waals surface area contributed by atoms with Crippen molar-refractivity contribution in [3.63, 3.8) is 0 Å². The largest absolute Gasteiger partial charge is 0.395 e. The maximum atomic E-state index is 11.8. The van der Waals surface area contributed by atoms with E-state index in [1.165, 1.54) is 0 Å². The third-order valence-corrected chi connectivity index (χ3v) is 4.06. The Morgan fingerprint density at radius 1 is 1.22 bits per heavy atom. The van der Waals surface area contributed by atoms with E-state index in [-0.39, 0.29) is 17.5 Å². The van der Waals surface area contributed by atoms with Crippen molar-refractivity contribution in [1.82, 2.24) is 4.72 Å². The van der Waals surface area contributed by atoms with E-state index in [0.717, 1.165) is 6.42 Å². The molecule has 5 nitrogen and oxygen atoms in total.